The Kier molecular flexibility index (Phi) is 5.29. The third-order valence-corrected chi connectivity index (χ3v) is 4.28. The second-order valence-corrected chi connectivity index (χ2v) is 6.23. The predicted molar refractivity (Wildman–Crippen MR) is 101 cm³/mol. The monoisotopic (exact) mass is 357 g/mol. The van der Waals surface area contributed by atoms with Crippen LogP contribution in [0.4, 0.5) is 5.69 Å². The lowest BCUT2D eigenvalue weighted by Gasteiger charge is -2.07. The smallest absolute Gasteiger partial charge is 0.259 e. The van der Waals surface area contributed by atoms with E-state index in [1.165, 1.54) is 0 Å². The average Bonchev–Trinajstić information content (AvgIpc) is 2.92. The standard InChI is InChI=1S/C20H20ClNO3/c1-3-4-11-24-14-9-10-18-15(12-14)19(13(2)25-18)20(23)22-17-8-6-5-7-16(17)21/h5-10,12H,3-4,11H2,1-2H3,(H,22,23). The molecule has 0 saturated heterocycles. The number of aryl methyl sites for hydroxylation is 1. The lowest BCUT2D eigenvalue weighted by molar-refractivity contribution is 0.102. The SMILES string of the molecule is CCCCOc1ccc2oc(C)c(C(=O)Nc3ccccc3Cl)c2c1. The third-order valence-electron chi connectivity index (χ3n) is 3.95. The Morgan fingerprint density at radius 1 is 1.24 bits per heavy atom. The second kappa shape index (κ2) is 7.62. The van der Waals surface area contributed by atoms with Gasteiger partial charge >= 0.3 is 0 Å². The summed E-state index contributed by atoms with van der Waals surface area (Å²) in [6.07, 6.45) is 2.06. The van der Waals surface area contributed by atoms with Crippen LogP contribution in [0.1, 0.15) is 35.9 Å². The van der Waals surface area contributed by atoms with Crippen LogP contribution < -0.4 is 10.1 Å². The first kappa shape index (κ1) is 17.4. The van der Waals surface area contributed by atoms with Gasteiger partial charge in [-0.1, -0.05) is 37.1 Å². The number of unbranched alkanes of at least 4 members (excludes halogenated alkanes) is 1. The number of furan rings is 1. The molecule has 1 aromatic heterocycles. The number of benzene rings is 2. The molecular formula is C20H20ClNO3. The van der Waals surface area contributed by atoms with Gasteiger partial charge in [-0.25, -0.2) is 0 Å². The molecule has 0 aliphatic rings. The van der Waals surface area contributed by atoms with Crippen molar-refractivity contribution in [2.75, 3.05) is 11.9 Å². The summed E-state index contributed by atoms with van der Waals surface area (Å²) >= 11 is 6.13. The summed E-state index contributed by atoms with van der Waals surface area (Å²) in [6.45, 7) is 4.54. The van der Waals surface area contributed by atoms with Gasteiger partial charge in [-0.05, 0) is 43.7 Å². The number of fused-ring (bicyclic) bond motifs is 1. The van der Waals surface area contributed by atoms with E-state index in [4.69, 9.17) is 20.8 Å². The van der Waals surface area contributed by atoms with Crippen LogP contribution in [0.25, 0.3) is 11.0 Å². The molecule has 25 heavy (non-hydrogen) atoms. The zero-order chi connectivity index (χ0) is 17.8. The van der Waals surface area contributed by atoms with E-state index in [-0.39, 0.29) is 5.91 Å². The fraction of sp³-hybridized carbons (Fsp3) is 0.250. The van der Waals surface area contributed by atoms with E-state index in [1.807, 2.05) is 30.3 Å². The number of amides is 1. The topological polar surface area (TPSA) is 51.5 Å². The van der Waals surface area contributed by atoms with Gasteiger partial charge in [0.2, 0.25) is 0 Å². The van der Waals surface area contributed by atoms with Gasteiger partial charge in [-0.2, -0.15) is 0 Å². The number of hydrogen-bond donors (Lipinski definition) is 1. The summed E-state index contributed by atoms with van der Waals surface area (Å²) in [6, 6.07) is 12.7. The predicted octanol–water partition coefficient (Wildman–Crippen LogP) is 5.83. The van der Waals surface area contributed by atoms with Crippen LogP contribution in [0, 0.1) is 6.92 Å². The van der Waals surface area contributed by atoms with E-state index in [1.54, 1.807) is 19.1 Å². The highest BCUT2D eigenvalue weighted by molar-refractivity contribution is 6.34. The maximum atomic E-state index is 12.8. The zero-order valence-electron chi connectivity index (χ0n) is 14.3. The van der Waals surface area contributed by atoms with Crippen molar-refractivity contribution in [3.05, 3.63) is 58.8 Å². The van der Waals surface area contributed by atoms with Crippen LogP contribution in [0.15, 0.2) is 46.9 Å². The molecule has 0 spiro atoms. The van der Waals surface area contributed by atoms with Crippen molar-refractivity contribution in [2.45, 2.75) is 26.7 Å². The number of rotatable bonds is 6. The molecule has 1 heterocycles. The van der Waals surface area contributed by atoms with Gasteiger partial charge in [-0.3, -0.25) is 4.79 Å². The Bertz CT molecular complexity index is 901. The van der Waals surface area contributed by atoms with Crippen molar-refractivity contribution in [1.82, 2.24) is 0 Å². The molecular weight excluding hydrogens is 338 g/mol. The van der Waals surface area contributed by atoms with Gasteiger partial charge in [0.05, 0.1) is 22.9 Å². The zero-order valence-corrected chi connectivity index (χ0v) is 15.0. The van der Waals surface area contributed by atoms with Crippen molar-refractivity contribution >= 4 is 34.2 Å². The van der Waals surface area contributed by atoms with Gasteiger partial charge in [-0.15, -0.1) is 0 Å². The Labute approximate surface area is 151 Å². The van der Waals surface area contributed by atoms with Gasteiger partial charge in [0.25, 0.3) is 5.91 Å². The number of halogens is 1. The van der Waals surface area contributed by atoms with E-state index < -0.39 is 0 Å². The Balaban J connectivity index is 1.91. The maximum Gasteiger partial charge on any atom is 0.259 e. The largest absolute Gasteiger partial charge is 0.494 e. The Morgan fingerprint density at radius 3 is 2.80 bits per heavy atom. The minimum Gasteiger partial charge on any atom is -0.494 e. The molecule has 0 atom stereocenters. The molecule has 1 amide bonds. The number of carbonyl (C=O) groups excluding carboxylic acids is 1. The molecule has 2 aromatic carbocycles. The Hall–Kier alpha value is -2.46. The summed E-state index contributed by atoms with van der Waals surface area (Å²) in [5.74, 6) is 1.04. The van der Waals surface area contributed by atoms with E-state index in [2.05, 4.69) is 12.2 Å². The molecule has 4 nitrogen and oxygen atoms in total. The fourth-order valence-corrected chi connectivity index (χ4v) is 2.84. The van der Waals surface area contributed by atoms with Crippen LogP contribution in [0.2, 0.25) is 5.02 Å². The van der Waals surface area contributed by atoms with Crippen molar-refractivity contribution < 1.29 is 13.9 Å². The minimum atomic E-state index is -0.255. The highest BCUT2D eigenvalue weighted by Crippen LogP contribution is 2.30. The normalized spacial score (nSPS) is 10.8. The lowest BCUT2D eigenvalue weighted by atomic mass is 10.1. The number of hydrogen-bond acceptors (Lipinski definition) is 3. The highest BCUT2D eigenvalue weighted by Gasteiger charge is 2.19. The Morgan fingerprint density at radius 2 is 2.04 bits per heavy atom. The molecule has 0 fully saturated rings. The summed E-state index contributed by atoms with van der Waals surface area (Å²) in [7, 11) is 0. The van der Waals surface area contributed by atoms with Crippen molar-refractivity contribution in [2.24, 2.45) is 0 Å². The molecule has 0 aliphatic heterocycles. The summed E-state index contributed by atoms with van der Waals surface area (Å²) in [5, 5.41) is 4.07. The number of carbonyl (C=O) groups is 1. The quantitative estimate of drug-likeness (QED) is 0.565. The van der Waals surface area contributed by atoms with Gasteiger partial charge < -0.3 is 14.5 Å². The fourth-order valence-electron chi connectivity index (χ4n) is 2.65. The number of ether oxygens (including phenoxy) is 1. The molecule has 3 rings (SSSR count). The lowest BCUT2D eigenvalue weighted by Crippen LogP contribution is -2.12. The molecule has 0 bridgehead atoms. The first-order chi connectivity index (χ1) is 12.1. The molecule has 3 aromatic rings. The minimum absolute atomic E-state index is 0.255. The van der Waals surface area contributed by atoms with Crippen molar-refractivity contribution in [1.29, 1.82) is 0 Å². The summed E-state index contributed by atoms with van der Waals surface area (Å²) in [5.41, 5.74) is 1.72. The van der Waals surface area contributed by atoms with Crippen LogP contribution >= 0.6 is 11.6 Å². The average molecular weight is 358 g/mol. The molecule has 5 heteroatoms. The maximum absolute atomic E-state index is 12.8. The molecule has 0 radical (unpaired) electrons. The molecule has 1 N–H and O–H groups in total. The van der Waals surface area contributed by atoms with Gasteiger partial charge in [0, 0.05) is 5.39 Å². The molecule has 0 aliphatic carbocycles. The molecule has 130 valence electrons. The van der Waals surface area contributed by atoms with Gasteiger partial charge in [0.1, 0.15) is 17.1 Å². The first-order valence-corrected chi connectivity index (χ1v) is 8.69. The van der Waals surface area contributed by atoms with Crippen LogP contribution in [0.5, 0.6) is 5.75 Å². The van der Waals surface area contributed by atoms with Crippen molar-refractivity contribution in [3.63, 3.8) is 0 Å². The van der Waals surface area contributed by atoms with E-state index in [9.17, 15) is 4.79 Å². The van der Waals surface area contributed by atoms with Gasteiger partial charge in [0.15, 0.2) is 0 Å². The first-order valence-electron chi connectivity index (χ1n) is 8.32. The van der Waals surface area contributed by atoms with E-state index in [0.29, 0.717) is 34.2 Å². The van der Waals surface area contributed by atoms with Crippen LogP contribution in [-0.4, -0.2) is 12.5 Å². The molecule has 0 unspecified atom stereocenters. The second-order valence-electron chi connectivity index (χ2n) is 5.83. The third kappa shape index (κ3) is 3.80. The van der Waals surface area contributed by atoms with Crippen LogP contribution in [-0.2, 0) is 0 Å². The molecule has 0 saturated carbocycles. The number of nitrogens with one attached hydrogen (secondary N) is 1. The number of para-hydroxylation sites is 1. The summed E-state index contributed by atoms with van der Waals surface area (Å²) in [4.78, 5) is 12.8. The van der Waals surface area contributed by atoms with Crippen LogP contribution in [0.3, 0.4) is 0 Å². The number of anilines is 1. The highest BCUT2D eigenvalue weighted by atomic mass is 35.5. The van der Waals surface area contributed by atoms with E-state index in [0.717, 1.165) is 24.0 Å². The summed E-state index contributed by atoms with van der Waals surface area (Å²) < 4.78 is 11.5. The van der Waals surface area contributed by atoms with E-state index >= 15 is 0 Å². The van der Waals surface area contributed by atoms with Crippen molar-refractivity contribution in [3.8, 4) is 5.75 Å².